The summed E-state index contributed by atoms with van der Waals surface area (Å²) < 4.78 is 2.33. The van der Waals surface area contributed by atoms with Gasteiger partial charge in [0.05, 0.1) is 12.0 Å². The predicted molar refractivity (Wildman–Crippen MR) is 96.6 cm³/mol. The van der Waals surface area contributed by atoms with Crippen LogP contribution in [-0.2, 0) is 0 Å². The van der Waals surface area contributed by atoms with Crippen LogP contribution in [0, 0.1) is 0 Å². The van der Waals surface area contributed by atoms with Gasteiger partial charge in [0.25, 0.3) is 0 Å². The molecule has 0 saturated carbocycles. The lowest BCUT2D eigenvalue weighted by Gasteiger charge is -2.34. The zero-order valence-electron chi connectivity index (χ0n) is 13.2. The molecule has 1 aliphatic rings. The Balaban J connectivity index is 1.52. The van der Waals surface area contributed by atoms with Gasteiger partial charge in [0.15, 0.2) is 0 Å². The Morgan fingerprint density at radius 1 is 1.13 bits per heavy atom. The number of aromatic nitrogens is 1. The van der Waals surface area contributed by atoms with Crippen LogP contribution in [0.2, 0.25) is 0 Å². The van der Waals surface area contributed by atoms with Gasteiger partial charge in [-0.25, -0.2) is 0 Å². The van der Waals surface area contributed by atoms with Crippen molar-refractivity contribution in [1.29, 1.82) is 0 Å². The van der Waals surface area contributed by atoms with Crippen molar-refractivity contribution < 1.29 is 5.11 Å². The molecular weight excluding hydrogens is 310 g/mol. The fourth-order valence-electron chi connectivity index (χ4n) is 3.09. The Morgan fingerprint density at radius 2 is 1.78 bits per heavy atom. The molecule has 124 valence electrons. The van der Waals surface area contributed by atoms with E-state index in [1.807, 2.05) is 0 Å². The van der Waals surface area contributed by atoms with E-state index < -0.39 is 6.10 Å². The van der Waals surface area contributed by atoms with E-state index in [9.17, 15) is 5.11 Å². The van der Waals surface area contributed by atoms with Crippen LogP contribution in [0.3, 0.4) is 0 Å². The minimum absolute atomic E-state index is 0.251. The third kappa shape index (κ3) is 4.21. The molecule has 5 heteroatoms. The highest BCUT2D eigenvalue weighted by molar-refractivity contribution is 6.18. The quantitative estimate of drug-likeness (QED) is 0.797. The van der Waals surface area contributed by atoms with E-state index in [1.165, 1.54) is 18.5 Å². The van der Waals surface area contributed by atoms with Gasteiger partial charge in [0, 0.05) is 49.4 Å². The number of anilines is 2. The number of piperidine rings is 1. The molecule has 1 saturated heterocycles. The lowest BCUT2D eigenvalue weighted by molar-refractivity contribution is 0.211. The van der Waals surface area contributed by atoms with E-state index in [2.05, 4.69) is 63.6 Å². The van der Waals surface area contributed by atoms with Crippen molar-refractivity contribution in [1.82, 2.24) is 4.57 Å². The predicted octanol–water partition coefficient (Wildman–Crippen LogP) is 3.34. The first kappa shape index (κ1) is 16.2. The molecule has 2 aromatic rings. The van der Waals surface area contributed by atoms with Crippen molar-refractivity contribution in [3.63, 3.8) is 0 Å². The van der Waals surface area contributed by atoms with Crippen molar-refractivity contribution in [2.75, 3.05) is 35.7 Å². The molecule has 1 fully saturated rings. The molecule has 1 unspecified atom stereocenters. The highest BCUT2D eigenvalue weighted by atomic mass is 35.5. The number of nitrogens with one attached hydrogen (secondary N) is 1. The second kappa shape index (κ2) is 7.75. The van der Waals surface area contributed by atoms with Gasteiger partial charge in [-0.3, -0.25) is 0 Å². The number of halogens is 1. The molecule has 0 aliphatic carbocycles. The topological polar surface area (TPSA) is 40.4 Å². The summed E-state index contributed by atoms with van der Waals surface area (Å²) in [5, 5.41) is 12.7. The normalized spacial score (nSPS) is 17.2. The summed E-state index contributed by atoms with van der Waals surface area (Å²) in [4.78, 5) is 2.44. The standard InChI is InChI=1S/C18H24ClN3O/c19-13-18(23)14-20-15-3-5-16(6-4-15)22-11-7-17(8-12-22)21-9-1-2-10-21/h1-6,9-10,17-18,20,23H,7-8,11-14H2. The van der Waals surface area contributed by atoms with E-state index in [4.69, 9.17) is 11.6 Å². The molecule has 1 atom stereocenters. The van der Waals surface area contributed by atoms with Crippen LogP contribution in [0.1, 0.15) is 18.9 Å². The van der Waals surface area contributed by atoms with E-state index in [-0.39, 0.29) is 5.88 Å². The summed E-state index contributed by atoms with van der Waals surface area (Å²) in [5.41, 5.74) is 2.28. The second-order valence-corrected chi connectivity index (χ2v) is 6.39. The molecule has 0 radical (unpaired) electrons. The average molecular weight is 334 g/mol. The van der Waals surface area contributed by atoms with Gasteiger partial charge in [0.2, 0.25) is 0 Å². The smallest absolute Gasteiger partial charge is 0.0847 e. The van der Waals surface area contributed by atoms with Gasteiger partial charge in [-0.15, -0.1) is 11.6 Å². The minimum Gasteiger partial charge on any atom is -0.390 e. The monoisotopic (exact) mass is 333 g/mol. The summed E-state index contributed by atoms with van der Waals surface area (Å²) in [7, 11) is 0. The molecule has 0 bridgehead atoms. The number of benzene rings is 1. The summed E-state index contributed by atoms with van der Waals surface area (Å²) in [5.74, 6) is 0.251. The van der Waals surface area contributed by atoms with Crippen molar-refractivity contribution in [3.8, 4) is 0 Å². The van der Waals surface area contributed by atoms with E-state index in [0.717, 1.165) is 18.8 Å². The van der Waals surface area contributed by atoms with Crippen LogP contribution in [0.4, 0.5) is 11.4 Å². The molecule has 23 heavy (non-hydrogen) atoms. The number of rotatable bonds is 6. The lowest BCUT2D eigenvalue weighted by atomic mass is 10.0. The number of aliphatic hydroxyl groups excluding tert-OH is 1. The summed E-state index contributed by atoms with van der Waals surface area (Å²) in [6.45, 7) is 2.65. The number of aliphatic hydroxyl groups is 1. The number of hydrogen-bond donors (Lipinski definition) is 2. The fourth-order valence-corrected chi connectivity index (χ4v) is 3.20. The van der Waals surface area contributed by atoms with Crippen molar-refractivity contribution in [3.05, 3.63) is 48.8 Å². The van der Waals surface area contributed by atoms with Crippen LogP contribution in [-0.4, -0.2) is 41.3 Å². The molecule has 4 nitrogen and oxygen atoms in total. The molecule has 1 aliphatic heterocycles. The maximum atomic E-state index is 9.48. The molecule has 2 N–H and O–H groups in total. The van der Waals surface area contributed by atoms with Crippen LogP contribution in [0.15, 0.2) is 48.8 Å². The third-order valence-corrected chi connectivity index (χ3v) is 4.82. The van der Waals surface area contributed by atoms with Crippen LogP contribution >= 0.6 is 11.6 Å². The summed E-state index contributed by atoms with van der Waals surface area (Å²) in [6.07, 6.45) is 6.17. The summed E-state index contributed by atoms with van der Waals surface area (Å²) >= 11 is 5.60. The first-order chi connectivity index (χ1) is 11.3. The first-order valence-corrected chi connectivity index (χ1v) is 8.75. The van der Waals surface area contributed by atoms with Crippen LogP contribution in [0.5, 0.6) is 0 Å². The molecular formula is C18H24ClN3O. The van der Waals surface area contributed by atoms with E-state index >= 15 is 0 Å². The van der Waals surface area contributed by atoms with Crippen molar-refractivity contribution in [2.45, 2.75) is 25.0 Å². The second-order valence-electron chi connectivity index (χ2n) is 6.08. The van der Waals surface area contributed by atoms with Crippen molar-refractivity contribution in [2.24, 2.45) is 0 Å². The Hall–Kier alpha value is -1.65. The number of nitrogens with zero attached hydrogens (tertiary/aromatic N) is 2. The first-order valence-electron chi connectivity index (χ1n) is 8.21. The fraction of sp³-hybridized carbons (Fsp3) is 0.444. The molecule has 3 rings (SSSR count). The van der Waals surface area contributed by atoms with Gasteiger partial charge in [0.1, 0.15) is 0 Å². The Morgan fingerprint density at radius 3 is 2.39 bits per heavy atom. The molecule has 0 amide bonds. The maximum Gasteiger partial charge on any atom is 0.0847 e. The van der Waals surface area contributed by atoms with Gasteiger partial charge < -0.3 is 19.9 Å². The van der Waals surface area contributed by atoms with Gasteiger partial charge in [-0.1, -0.05) is 0 Å². The third-order valence-electron chi connectivity index (χ3n) is 4.47. The zero-order chi connectivity index (χ0) is 16.1. The van der Waals surface area contributed by atoms with Gasteiger partial charge in [-0.2, -0.15) is 0 Å². The largest absolute Gasteiger partial charge is 0.390 e. The molecule has 0 spiro atoms. The Kier molecular flexibility index (Phi) is 5.47. The molecule has 1 aromatic heterocycles. The highest BCUT2D eigenvalue weighted by Gasteiger charge is 2.19. The Labute approximate surface area is 142 Å². The van der Waals surface area contributed by atoms with E-state index in [1.54, 1.807) is 0 Å². The van der Waals surface area contributed by atoms with Crippen LogP contribution < -0.4 is 10.2 Å². The zero-order valence-corrected chi connectivity index (χ0v) is 14.0. The number of hydrogen-bond acceptors (Lipinski definition) is 3. The summed E-state index contributed by atoms with van der Waals surface area (Å²) in [6, 6.07) is 13.2. The minimum atomic E-state index is -0.510. The van der Waals surface area contributed by atoms with Gasteiger partial charge >= 0.3 is 0 Å². The van der Waals surface area contributed by atoms with Gasteiger partial charge in [-0.05, 0) is 49.2 Å². The SMILES string of the molecule is OC(CCl)CNc1ccc(N2CCC(n3cccc3)CC2)cc1. The van der Waals surface area contributed by atoms with Crippen LogP contribution in [0.25, 0.3) is 0 Å². The van der Waals surface area contributed by atoms with E-state index in [0.29, 0.717) is 12.6 Å². The maximum absolute atomic E-state index is 9.48. The number of alkyl halides is 1. The molecule has 1 aromatic carbocycles. The van der Waals surface area contributed by atoms with Crippen molar-refractivity contribution >= 4 is 23.0 Å². The lowest BCUT2D eigenvalue weighted by Crippen LogP contribution is -2.34. The average Bonchev–Trinajstić information content (AvgIpc) is 3.15. The Bertz CT molecular complexity index is 577. The molecule has 2 heterocycles. The highest BCUT2D eigenvalue weighted by Crippen LogP contribution is 2.27.